The Hall–Kier alpha value is -0.910. The Balaban J connectivity index is 1.64. The molecule has 1 N–H and O–H groups in total. The van der Waals surface area contributed by atoms with Crippen molar-refractivity contribution in [3.63, 3.8) is 0 Å². The number of rotatable bonds is 2. The highest BCUT2D eigenvalue weighted by molar-refractivity contribution is 5.03. The van der Waals surface area contributed by atoms with Crippen LogP contribution in [-0.4, -0.2) is 53.8 Å². The standard InChI is InChI=1S/C13H21N3O2/c1-10-8-14-13(15-10)12-9-16(4-7-18-12)11-2-5-17-6-3-11/h8,11-12H,2-7,9H2,1H3,(H,14,15). The van der Waals surface area contributed by atoms with E-state index in [4.69, 9.17) is 9.47 Å². The number of ether oxygens (including phenoxy) is 2. The fourth-order valence-electron chi connectivity index (χ4n) is 2.81. The summed E-state index contributed by atoms with van der Waals surface area (Å²) in [4.78, 5) is 10.2. The van der Waals surface area contributed by atoms with Gasteiger partial charge in [0, 0.05) is 44.2 Å². The molecule has 1 aromatic rings. The van der Waals surface area contributed by atoms with Crippen LogP contribution in [0.4, 0.5) is 0 Å². The van der Waals surface area contributed by atoms with Gasteiger partial charge in [0.05, 0.1) is 6.61 Å². The quantitative estimate of drug-likeness (QED) is 0.860. The minimum Gasteiger partial charge on any atom is -0.381 e. The lowest BCUT2D eigenvalue weighted by atomic mass is 10.1. The second-order valence-corrected chi connectivity index (χ2v) is 5.15. The average molecular weight is 251 g/mol. The first-order valence-electron chi connectivity index (χ1n) is 6.78. The van der Waals surface area contributed by atoms with Crippen LogP contribution in [0.15, 0.2) is 6.20 Å². The van der Waals surface area contributed by atoms with Crippen LogP contribution in [-0.2, 0) is 9.47 Å². The molecule has 0 spiro atoms. The van der Waals surface area contributed by atoms with Gasteiger partial charge in [-0.1, -0.05) is 0 Å². The predicted octanol–water partition coefficient (Wildman–Crippen LogP) is 1.27. The van der Waals surface area contributed by atoms with Crippen molar-refractivity contribution in [3.05, 3.63) is 17.7 Å². The Kier molecular flexibility index (Phi) is 3.63. The molecule has 0 aromatic carbocycles. The third kappa shape index (κ3) is 2.58. The normalized spacial score (nSPS) is 27.5. The van der Waals surface area contributed by atoms with Crippen molar-refractivity contribution < 1.29 is 9.47 Å². The first-order chi connectivity index (χ1) is 8.83. The van der Waals surface area contributed by atoms with Gasteiger partial charge in [-0.2, -0.15) is 0 Å². The first kappa shape index (κ1) is 12.1. The van der Waals surface area contributed by atoms with Gasteiger partial charge in [0.2, 0.25) is 0 Å². The van der Waals surface area contributed by atoms with E-state index < -0.39 is 0 Å². The summed E-state index contributed by atoms with van der Waals surface area (Å²) >= 11 is 0. The van der Waals surface area contributed by atoms with Crippen molar-refractivity contribution in [2.75, 3.05) is 32.9 Å². The van der Waals surface area contributed by atoms with E-state index in [1.54, 1.807) is 0 Å². The van der Waals surface area contributed by atoms with E-state index in [1.165, 1.54) is 0 Å². The number of nitrogens with zero attached hydrogens (tertiary/aromatic N) is 2. The van der Waals surface area contributed by atoms with E-state index in [9.17, 15) is 0 Å². The van der Waals surface area contributed by atoms with Crippen LogP contribution in [0.1, 0.15) is 30.5 Å². The van der Waals surface area contributed by atoms with E-state index in [0.29, 0.717) is 6.04 Å². The lowest BCUT2D eigenvalue weighted by molar-refractivity contribution is -0.0660. The highest BCUT2D eigenvalue weighted by Gasteiger charge is 2.29. The molecule has 100 valence electrons. The lowest BCUT2D eigenvalue weighted by Crippen LogP contribution is -2.47. The van der Waals surface area contributed by atoms with Crippen LogP contribution in [0.5, 0.6) is 0 Å². The molecule has 0 saturated carbocycles. The molecule has 0 radical (unpaired) electrons. The van der Waals surface area contributed by atoms with Gasteiger partial charge < -0.3 is 14.5 Å². The van der Waals surface area contributed by atoms with Crippen LogP contribution < -0.4 is 0 Å². The molecular weight excluding hydrogens is 230 g/mol. The minimum absolute atomic E-state index is 0.0929. The van der Waals surface area contributed by atoms with Gasteiger partial charge in [0.15, 0.2) is 0 Å². The van der Waals surface area contributed by atoms with Gasteiger partial charge >= 0.3 is 0 Å². The largest absolute Gasteiger partial charge is 0.381 e. The fraction of sp³-hybridized carbons (Fsp3) is 0.769. The lowest BCUT2D eigenvalue weighted by Gasteiger charge is -2.39. The van der Waals surface area contributed by atoms with Crippen molar-refractivity contribution in [2.24, 2.45) is 0 Å². The highest BCUT2D eigenvalue weighted by atomic mass is 16.5. The average Bonchev–Trinajstić information content (AvgIpc) is 2.87. The molecule has 1 unspecified atom stereocenters. The molecule has 18 heavy (non-hydrogen) atoms. The zero-order valence-corrected chi connectivity index (χ0v) is 10.9. The van der Waals surface area contributed by atoms with Crippen LogP contribution >= 0.6 is 0 Å². The molecular formula is C13H21N3O2. The zero-order chi connectivity index (χ0) is 12.4. The molecule has 0 aliphatic carbocycles. The molecule has 1 aromatic heterocycles. The third-order valence-electron chi connectivity index (χ3n) is 3.83. The molecule has 3 rings (SSSR count). The maximum absolute atomic E-state index is 5.83. The SMILES string of the molecule is Cc1cnc(C2CN(C3CCOCC3)CCO2)[nH]1. The van der Waals surface area contributed by atoms with Crippen molar-refractivity contribution in [1.82, 2.24) is 14.9 Å². The number of hydrogen-bond donors (Lipinski definition) is 1. The van der Waals surface area contributed by atoms with E-state index in [2.05, 4.69) is 14.9 Å². The maximum atomic E-state index is 5.83. The van der Waals surface area contributed by atoms with Crippen molar-refractivity contribution >= 4 is 0 Å². The Morgan fingerprint density at radius 3 is 2.89 bits per heavy atom. The van der Waals surface area contributed by atoms with E-state index in [1.807, 2.05) is 13.1 Å². The Morgan fingerprint density at radius 2 is 2.17 bits per heavy atom. The van der Waals surface area contributed by atoms with Crippen LogP contribution in [0, 0.1) is 6.92 Å². The zero-order valence-electron chi connectivity index (χ0n) is 10.9. The molecule has 2 fully saturated rings. The van der Waals surface area contributed by atoms with Crippen LogP contribution in [0.25, 0.3) is 0 Å². The maximum Gasteiger partial charge on any atom is 0.136 e. The van der Waals surface area contributed by atoms with E-state index in [0.717, 1.165) is 57.3 Å². The molecule has 2 saturated heterocycles. The number of morpholine rings is 1. The number of aryl methyl sites for hydroxylation is 1. The van der Waals surface area contributed by atoms with Crippen LogP contribution in [0.2, 0.25) is 0 Å². The minimum atomic E-state index is 0.0929. The topological polar surface area (TPSA) is 50.4 Å². The number of aromatic nitrogens is 2. The molecule has 5 nitrogen and oxygen atoms in total. The van der Waals surface area contributed by atoms with Crippen molar-refractivity contribution in [1.29, 1.82) is 0 Å². The summed E-state index contributed by atoms with van der Waals surface area (Å²) in [6.45, 7) is 6.58. The Morgan fingerprint density at radius 1 is 1.33 bits per heavy atom. The van der Waals surface area contributed by atoms with Gasteiger partial charge in [-0.05, 0) is 19.8 Å². The predicted molar refractivity (Wildman–Crippen MR) is 67.4 cm³/mol. The second kappa shape index (κ2) is 5.38. The number of aromatic amines is 1. The Bertz CT molecular complexity index is 387. The molecule has 5 heteroatoms. The molecule has 1 atom stereocenters. The number of H-pyrrole nitrogens is 1. The second-order valence-electron chi connectivity index (χ2n) is 5.15. The van der Waals surface area contributed by atoms with Gasteiger partial charge in [-0.3, -0.25) is 4.90 Å². The van der Waals surface area contributed by atoms with E-state index in [-0.39, 0.29) is 6.10 Å². The van der Waals surface area contributed by atoms with Gasteiger partial charge in [0.1, 0.15) is 11.9 Å². The summed E-state index contributed by atoms with van der Waals surface area (Å²) < 4.78 is 11.3. The summed E-state index contributed by atoms with van der Waals surface area (Å²) in [6.07, 6.45) is 4.25. The first-order valence-corrected chi connectivity index (χ1v) is 6.78. The molecule has 3 heterocycles. The highest BCUT2D eigenvalue weighted by Crippen LogP contribution is 2.24. The summed E-state index contributed by atoms with van der Waals surface area (Å²) in [5.41, 5.74) is 1.09. The van der Waals surface area contributed by atoms with Crippen molar-refractivity contribution in [3.8, 4) is 0 Å². The monoisotopic (exact) mass is 251 g/mol. The van der Waals surface area contributed by atoms with E-state index >= 15 is 0 Å². The molecule has 0 amide bonds. The number of hydrogen-bond acceptors (Lipinski definition) is 4. The van der Waals surface area contributed by atoms with Crippen LogP contribution in [0.3, 0.4) is 0 Å². The third-order valence-corrected chi connectivity index (χ3v) is 3.83. The molecule has 2 aliphatic heterocycles. The van der Waals surface area contributed by atoms with Gasteiger partial charge in [-0.15, -0.1) is 0 Å². The number of imidazole rings is 1. The van der Waals surface area contributed by atoms with Crippen molar-refractivity contribution in [2.45, 2.75) is 31.9 Å². The summed E-state index contributed by atoms with van der Waals surface area (Å²) in [5, 5.41) is 0. The summed E-state index contributed by atoms with van der Waals surface area (Å²) in [7, 11) is 0. The molecule has 2 aliphatic rings. The Labute approximate surface area is 107 Å². The van der Waals surface area contributed by atoms with Gasteiger partial charge in [0.25, 0.3) is 0 Å². The fourth-order valence-corrected chi connectivity index (χ4v) is 2.81. The summed E-state index contributed by atoms with van der Waals surface area (Å²) in [6, 6.07) is 0.654. The number of nitrogens with one attached hydrogen (secondary N) is 1. The smallest absolute Gasteiger partial charge is 0.136 e. The molecule has 0 bridgehead atoms. The summed E-state index contributed by atoms with van der Waals surface area (Å²) in [5.74, 6) is 0.962. The van der Waals surface area contributed by atoms with Gasteiger partial charge in [-0.25, -0.2) is 4.98 Å².